The zero-order chi connectivity index (χ0) is 8.85. The van der Waals surface area contributed by atoms with Gasteiger partial charge in [0, 0.05) is 32.5 Å². The van der Waals surface area contributed by atoms with Crippen molar-refractivity contribution in [1.29, 1.82) is 0 Å². The first-order valence-electron chi connectivity index (χ1n) is 3.48. The van der Waals surface area contributed by atoms with E-state index in [9.17, 15) is 4.79 Å². The smallest absolute Gasteiger partial charge is 0.166 e. The molecule has 3 heteroatoms. The maximum absolute atomic E-state index is 10.5. The van der Waals surface area contributed by atoms with E-state index in [2.05, 4.69) is 10.1 Å². The summed E-state index contributed by atoms with van der Waals surface area (Å²) >= 11 is 0. The molecule has 1 aliphatic carbocycles. The molecule has 0 radical (unpaired) electrons. The van der Waals surface area contributed by atoms with Crippen LogP contribution in [0, 0.1) is 0 Å². The maximum Gasteiger partial charge on any atom is 0.166 e. The molecule has 0 amide bonds. The molecule has 1 aliphatic rings. The summed E-state index contributed by atoms with van der Waals surface area (Å²) in [7, 11) is 5.09. The van der Waals surface area contributed by atoms with Crippen molar-refractivity contribution in [2.24, 2.45) is 0 Å². The zero-order valence-electron chi connectivity index (χ0n) is 7.52. The van der Waals surface area contributed by atoms with Crippen molar-refractivity contribution in [3.05, 3.63) is 11.3 Å². The fraction of sp³-hybridized carbons (Fsp3) is 0.625. The topological polar surface area (TPSA) is 38.3 Å². The fourth-order valence-corrected chi connectivity index (χ4v) is 0.763. The van der Waals surface area contributed by atoms with Crippen LogP contribution in [0.3, 0.4) is 0 Å². The highest BCUT2D eigenvalue weighted by Gasteiger charge is 2.20. The molecule has 1 rings (SSSR count). The molecule has 0 heterocycles. The Hall–Kier alpha value is -0.830. The Morgan fingerprint density at radius 3 is 2.00 bits per heavy atom. The summed E-state index contributed by atoms with van der Waals surface area (Å²) in [5, 5.41) is 2.94. The van der Waals surface area contributed by atoms with Crippen LogP contribution in [0.2, 0.25) is 0 Å². The Labute approximate surface area is 67.4 Å². The minimum absolute atomic E-state index is 0.273. The number of nitrogens with one attached hydrogen (secondary N) is 1. The number of carbonyl (C=O) groups excluding carboxylic acids is 1. The van der Waals surface area contributed by atoms with Crippen LogP contribution in [0.5, 0.6) is 0 Å². The van der Waals surface area contributed by atoms with Crippen molar-refractivity contribution in [3.63, 3.8) is 0 Å². The van der Waals surface area contributed by atoms with Crippen LogP contribution < -0.4 is 5.32 Å². The van der Waals surface area contributed by atoms with Gasteiger partial charge in [0.05, 0.1) is 6.42 Å². The highest BCUT2D eigenvalue weighted by atomic mass is 16.4. The highest BCUT2D eigenvalue weighted by molar-refractivity contribution is 6.03. The molecule has 0 saturated carbocycles. The molecule has 3 nitrogen and oxygen atoms in total. The van der Waals surface area contributed by atoms with Gasteiger partial charge in [-0.05, 0) is 6.92 Å². The minimum atomic E-state index is 0.273. The van der Waals surface area contributed by atoms with Crippen molar-refractivity contribution >= 4 is 5.78 Å². The van der Waals surface area contributed by atoms with Gasteiger partial charge in [-0.3, -0.25) is 4.79 Å². The van der Waals surface area contributed by atoms with E-state index < -0.39 is 0 Å². The number of rotatable bonds is 1. The predicted molar refractivity (Wildman–Crippen MR) is 44.3 cm³/mol. The maximum atomic E-state index is 10.5. The van der Waals surface area contributed by atoms with Crippen molar-refractivity contribution in [2.75, 3.05) is 21.3 Å². The van der Waals surface area contributed by atoms with Crippen LogP contribution in [-0.4, -0.2) is 27.1 Å². The number of hydrogen-bond acceptors (Lipinski definition) is 3. The molecule has 0 spiro atoms. The monoisotopic (exact) mass is 157 g/mol. The third-order valence-electron chi connectivity index (χ3n) is 1.51. The van der Waals surface area contributed by atoms with E-state index in [1.807, 2.05) is 14.0 Å². The van der Waals surface area contributed by atoms with Crippen LogP contribution in [-0.2, 0) is 9.53 Å². The molecule has 0 fully saturated rings. The molecule has 0 aromatic heterocycles. The van der Waals surface area contributed by atoms with Gasteiger partial charge < -0.3 is 10.1 Å². The largest absolute Gasteiger partial charge is 0.391 e. The van der Waals surface area contributed by atoms with Crippen LogP contribution in [0.15, 0.2) is 11.3 Å². The normalized spacial score (nSPS) is 15.1. The summed E-state index contributed by atoms with van der Waals surface area (Å²) in [6.45, 7) is 1.84. The lowest BCUT2D eigenvalue weighted by Crippen LogP contribution is -2.24. The molecule has 0 unspecified atom stereocenters. The van der Waals surface area contributed by atoms with Gasteiger partial charge in [-0.1, -0.05) is 0 Å². The summed E-state index contributed by atoms with van der Waals surface area (Å²) in [4.78, 5) is 10.5. The fourth-order valence-electron chi connectivity index (χ4n) is 0.763. The second kappa shape index (κ2) is 4.91. The van der Waals surface area contributed by atoms with Crippen molar-refractivity contribution < 1.29 is 9.53 Å². The molecule has 1 N–H and O–H groups in total. The van der Waals surface area contributed by atoms with Gasteiger partial charge in [0.1, 0.15) is 0 Å². The number of Topliss-reactive ketones (excluding diaryl/α,β-unsaturated/α-hetero) is 1. The van der Waals surface area contributed by atoms with Gasteiger partial charge in [-0.15, -0.1) is 0 Å². The molecule has 0 aliphatic heterocycles. The third kappa shape index (κ3) is 2.72. The van der Waals surface area contributed by atoms with E-state index in [1.165, 1.54) is 0 Å². The number of ether oxygens (including phenoxy) is 1. The first-order chi connectivity index (χ1) is 5.17. The van der Waals surface area contributed by atoms with Gasteiger partial charge >= 0.3 is 0 Å². The van der Waals surface area contributed by atoms with Gasteiger partial charge in [-0.25, -0.2) is 0 Å². The van der Waals surface area contributed by atoms with E-state index in [0.29, 0.717) is 6.42 Å². The van der Waals surface area contributed by atoms with Crippen LogP contribution in [0.4, 0.5) is 0 Å². The zero-order valence-corrected chi connectivity index (χ0v) is 7.52. The molecule has 0 bridgehead atoms. The molecule has 11 heavy (non-hydrogen) atoms. The molecular weight excluding hydrogens is 142 g/mol. The number of allylic oxidation sites excluding steroid dienone is 2. The van der Waals surface area contributed by atoms with Gasteiger partial charge in [0.15, 0.2) is 5.78 Å². The van der Waals surface area contributed by atoms with Crippen molar-refractivity contribution in [3.8, 4) is 0 Å². The number of hydrogen-bond donors (Lipinski definition) is 1. The summed E-state index contributed by atoms with van der Waals surface area (Å²) in [5.74, 6) is 0.273. The Morgan fingerprint density at radius 2 is 1.91 bits per heavy atom. The van der Waals surface area contributed by atoms with Gasteiger partial charge in [-0.2, -0.15) is 0 Å². The third-order valence-corrected chi connectivity index (χ3v) is 1.51. The number of ketones is 1. The Morgan fingerprint density at radius 1 is 1.45 bits per heavy atom. The minimum Gasteiger partial charge on any atom is -0.391 e. The van der Waals surface area contributed by atoms with E-state index in [4.69, 9.17) is 0 Å². The van der Waals surface area contributed by atoms with E-state index in [1.54, 1.807) is 14.2 Å². The Bertz CT molecular complexity index is 173. The average Bonchev–Trinajstić information content (AvgIpc) is 2.01. The number of methoxy groups -OCH3 is 1. The lowest BCUT2D eigenvalue weighted by atomic mass is 9.94. The van der Waals surface area contributed by atoms with Crippen molar-refractivity contribution in [1.82, 2.24) is 5.32 Å². The van der Waals surface area contributed by atoms with E-state index in [-0.39, 0.29) is 5.78 Å². The quantitative estimate of drug-likeness (QED) is 0.609. The van der Waals surface area contributed by atoms with Crippen LogP contribution in [0.1, 0.15) is 13.3 Å². The summed E-state index contributed by atoms with van der Waals surface area (Å²) < 4.78 is 4.25. The summed E-state index contributed by atoms with van der Waals surface area (Å²) in [5.41, 5.74) is 1.99. The van der Waals surface area contributed by atoms with E-state index >= 15 is 0 Å². The highest BCUT2D eigenvalue weighted by Crippen LogP contribution is 2.19. The summed E-state index contributed by atoms with van der Waals surface area (Å²) in [6, 6.07) is 0. The Kier molecular flexibility index (Phi) is 4.54. The molecule has 0 aromatic carbocycles. The SMILES string of the molecule is CNC1=C(C)C(=O)C1.COC. The molecule has 0 atom stereocenters. The lowest BCUT2D eigenvalue weighted by molar-refractivity contribution is -0.116. The molecular formula is C8H15NO2. The first kappa shape index (κ1) is 10.2. The number of carbonyl (C=O) groups is 1. The van der Waals surface area contributed by atoms with Gasteiger partial charge in [0.25, 0.3) is 0 Å². The van der Waals surface area contributed by atoms with Gasteiger partial charge in [0.2, 0.25) is 0 Å². The van der Waals surface area contributed by atoms with Crippen LogP contribution >= 0.6 is 0 Å². The first-order valence-corrected chi connectivity index (χ1v) is 3.48. The van der Waals surface area contributed by atoms with Crippen LogP contribution in [0.25, 0.3) is 0 Å². The molecule has 64 valence electrons. The Balaban J connectivity index is 0.000000292. The second-order valence-electron chi connectivity index (χ2n) is 2.36. The summed E-state index contributed by atoms with van der Waals surface area (Å²) in [6.07, 6.45) is 0.613. The van der Waals surface area contributed by atoms with E-state index in [0.717, 1.165) is 11.3 Å². The lowest BCUT2D eigenvalue weighted by Gasteiger charge is -2.17. The predicted octanol–water partition coefficient (Wildman–Crippen LogP) is 0.715. The standard InChI is InChI=1S/C6H9NO.C2H6O/c1-4-5(7-2)3-6(4)8;1-3-2/h7H,3H2,1-2H3;1-2H3. The molecule has 0 saturated heterocycles. The average molecular weight is 157 g/mol. The second-order valence-corrected chi connectivity index (χ2v) is 2.36. The van der Waals surface area contributed by atoms with Crippen molar-refractivity contribution in [2.45, 2.75) is 13.3 Å². The molecule has 0 aromatic rings.